The molecule has 2 aromatic rings. The Kier molecular flexibility index (Phi) is 4.69. The van der Waals surface area contributed by atoms with Crippen molar-refractivity contribution in [1.29, 1.82) is 0 Å². The second-order valence-corrected chi connectivity index (χ2v) is 3.92. The van der Waals surface area contributed by atoms with Crippen molar-refractivity contribution < 1.29 is 14.3 Å². The summed E-state index contributed by atoms with van der Waals surface area (Å²) in [7, 11) is 0. The molecule has 2 rings (SSSR count). The van der Waals surface area contributed by atoms with Crippen LogP contribution in [0.25, 0.3) is 0 Å². The lowest BCUT2D eigenvalue weighted by molar-refractivity contribution is 0.0443. The van der Waals surface area contributed by atoms with Crippen molar-refractivity contribution in [2.45, 2.75) is 0 Å². The Balaban J connectivity index is 1.76. The van der Waals surface area contributed by atoms with Gasteiger partial charge in [0.25, 0.3) is 0 Å². The summed E-state index contributed by atoms with van der Waals surface area (Å²) < 4.78 is 10.4. The molecule has 0 unspecified atom stereocenters. The number of carbonyl (C=O) groups excluding carboxylic acids is 1. The normalized spacial score (nSPS) is 9.95. The van der Waals surface area contributed by atoms with Crippen LogP contribution < -0.4 is 4.74 Å². The summed E-state index contributed by atoms with van der Waals surface area (Å²) >= 11 is 5.91. The molecule has 0 amide bonds. The highest BCUT2D eigenvalue weighted by molar-refractivity contribution is 6.32. The monoisotopic (exact) mass is 278 g/mol. The molecule has 0 radical (unpaired) electrons. The highest BCUT2D eigenvalue weighted by Crippen LogP contribution is 2.22. The third-order valence-corrected chi connectivity index (χ3v) is 2.51. The van der Waals surface area contributed by atoms with E-state index in [1.54, 1.807) is 12.1 Å². The molecular weight excluding hydrogens is 268 g/mol. The summed E-state index contributed by atoms with van der Waals surface area (Å²) in [4.78, 5) is 19.0. The maximum Gasteiger partial charge on any atom is 0.357 e. The van der Waals surface area contributed by atoms with Crippen LogP contribution in [0.15, 0.2) is 42.9 Å². The average Bonchev–Trinajstić information content (AvgIpc) is 2.46. The number of hydrogen-bond acceptors (Lipinski definition) is 5. The largest absolute Gasteiger partial charge is 0.488 e. The van der Waals surface area contributed by atoms with Crippen LogP contribution in [0, 0.1) is 0 Å². The molecule has 1 heterocycles. The first-order valence-electron chi connectivity index (χ1n) is 5.58. The van der Waals surface area contributed by atoms with Crippen LogP contribution >= 0.6 is 11.6 Å². The molecule has 1 aromatic carbocycles. The Bertz CT molecular complexity index is 549. The fourth-order valence-corrected chi connectivity index (χ4v) is 1.52. The van der Waals surface area contributed by atoms with Crippen LogP contribution in [0.3, 0.4) is 0 Å². The van der Waals surface area contributed by atoms with E-state index in [4.69, 9.17) is 21.1 Å². The molecule has 19 heavy (non-hydrogen) atoms. The molecule has 0 saturated heterocycles. The molecule has 5 nitrogen and oxygen atoms in total. The van der Waals surface area contributed by atoms with Crippen LogP contribution in [0.5, 0.6) is 5.75 Å². The first-order chi connectivity index (χ1) is 9.27. The number of rotatable bonds is 5. The lowest BCUT2D eigenvalue weighted by Crippen LogP contribution is -2.13. The minimum atomic E-state index is -0.509. The summed E-state index contributed by atoms with van der Waals surface area (Å²) in [6, 6.07) is 8.58. The second-order valence-electron chi connectivity index (χ2n) is 3.51. The summed E-state index contributed by atoms with van der Waals surface area (Å²) in [6.45, 7) is 0.342. The van der Waals surface area contributed by atoms with E-state index >= 15 is 0 Å². The molecule has 0 atom stereocenters. The van der Waals surface area contributed by atoms with Gasteiger partial charge in [0.1, 0.15) is 25.3 Å². The number of carbonyl (C=O) groups is 1. The van der Waals surface area contributed by atoms with Gasteiger partial charge in [0.2, 0.25) is 0 Å². The number of halogens is 1. The van der Waals surface area contributed by atoms with Gasteiger partial charge < -0.3 is 9.47 Å². The van der Waals surface area contributed by atoms with Gasteiger partial charge in [-0.25, -0.2) is 14.8 Å². The average molecular weight is 279 g/mol. The van der Waals surface area contributed by atoms with Crippen LogP contribution in [0.4, 0.5) is 0 Å². The van der Waals surface area contributed by atoms with E-state index in [2.05, 4.69) is 9.97 Å². The fraction of sp³-hybridized carbons (Fsp3) is 0.154. The van der Waals surface area contributed by atoms with Crippen molar-refractivity contribution in [3.8, 4) is 5.75 Å². The van der Waals surface area contributed by atoms with Gasteiger partial charge in [-0.1, -0.05) is 23.7 Å². The van der Waals surface area contributed by atoms with E-state index in [1.807, 2.05) is 12.1 Å². The summed E-state index contributed by atoms with van der Waals surface area (Å²) in [6.07, 6.45) is 2.76. The van der Waals surface area contributed by atoms with Crippen molar-refractivity contribution in [2.24, 2.45) is 0 Å². The van der Waals surface area contributed by atoms with E-state index in [0.29, 0.717) is 10.8 Å². The van der Waals surface area contributed by atoms with Gasteiger partial charge >= 0.3 is 5.97 Å². The minimum Gasteiger partial charge on any atom is -0.488 e. The molecule has 0 aliphatic carbocycles. The molecule has 1 aromatic heterocycles. The minimum absolute atomic E-state index is 0.119. The van der Waals surface area contributed by atoms with Gasteiger partial charge in [-0.3, -0.25) is 0 Å². The van der Waals surface area contributed by atoms with Gasteiger partial charge in [0.15, 0.2) is 5.69 Å². The molecule has 0 spiro atoms. The molecule has 0 aliphatic rings. The third kappa shape index (κ3) is 3.93. The van der Waals surface area contributed by atoms with E-state index in [9.17, 15) is 4.79 Å². The van der Waals surface area contributed by atoms with Gasteiger partial charge in [0.05, 0.1) is 5.02 Å². The van der Waals surface area contributed by atoms with Gasteiger partial charge in [-0.05, 0) is 18.2 Å². The molecule has 0 N–H and O–H groups in total. The summed E-state index contributed by atoms with van der Waals surface area (Å²) in [5.41, 5.74) is 0.216. The molecule has 0 fully saturated rings. The van der Waals surface area contributed by atoms with Gasteiger partial charge in [0, 0.05) is 6.20 Å². The highest BCUT2D eigenvalue weighted by atomic mass is 35.5. The quantitative estimate of drug-likeness (QED) is 0.621. The van der Waals surface area contributed by atoms with Crippen LogP contribution in [0.2, 0.25) is 5.02 Å². The first-order valence-corrected chi connectivity index (χ1v) is 5.95. The van der Waals surface area contributed by atoms with Crippen molar-refractivity contribution in [2.75, 3.05) is 13.2 Å². The number of benzene rings is 1. The molecule has 0 saturated carbocycles. The maximum atomic E-state index is 11.5. The number of aromatic nitrogens is 2. The number of para-hydroxylation sites is 1. The topological polar surface area (TPSA) is 61.3 Å². The van der Waals surface area contributed by atoms with E-state index in [1.165, 1.54) is 18.6 Å². The number of ether oxygens (including phenoxy) is 2. The maximum absolute atomic E-state index is 11.5. The summed E-state index contributed by atoms with van der Waals surface area (Å²) in [5, 5.41) is 0.518. The smallest absolute Gasteiger partial charge is 0.357 e. The lowest BCUT2D eigenvalue weighted by Gasteiger charge is -2.08. The van der Waals surface area contributed by atoms with Gasteiger partial charge in [-0.15, -0.1) is 0 Å². The standard InChI is InChI=1S/C13H11ClN2O3/c14-10-3-1-2-4-12(10)18-7-8-19-13(17)11-5-6-15-9-16-11/h1-6,9H,7-8H2. The lowest BCUT2D eigenvalue weighted by atomic mass is 10.3. The number of nitrogens with zero attached hydrogens (tertiary/aromatic N) is 2. The highest BCUT2D eigenvalue weighted by Gasteiger charge is 2.07. The van der Waals surface area contributed by atoms with Gasteiger partial charge in [-0.2, -0.15) is 0 Å². The van der Waals surface area contributed by atoms with Crippen LogP contribution in [-0.2, 0) is 4.74 Å². The SMILES string of the molecule is O=C(OCCOc1ccccc1Cl)c1ccncn1. The van der Waals surface area contributed by atoms with Crippen molar-refractivity contribution in [3.63, 3.8) is 0 Å². The molecule has 0 aliphatic heterocycles. The number of hydrogen-bond donors (Lipinski definition) is 0. The number of esters is 1. The van der Waals surface area contributed by atoms with E-state index in [-0.39, 0.29) is 18.9 Å². The summed E-state index contributed by atoms with van der Waals surface area (Å²) in [5.74, 6) is 0.0485. The Morgan fingerprint density at radius 2 is 2.05 bits per heavy atom. The zero-order valence-electron chi connectivity index (χ0n) is 9.95. The van der Waals surface area contributed by atoms with Crippen molar-refractivity contribution in [3.05, 3.63) is 53.6 Å². The van der Waals surface area contributed by atoms with Crippen molar-refractivity contribution in [1.82, 2.24) is 9.97 Å². The molecular formula is C13H11ClN2O3. The van der Waals surface area contributed by atoms with Crippen LogP contribution in [-0.4, -0.2) is 29.2 Å². The van der Waals surface area contributed by atoms with Crippen molar-refractivity contribution >= 4 is 17.6 Å². The zero-order valence-corrected chi connectivity index (χ0v) is 10.7. The molecule has 6 heteroatoms. The molecule has 98 valence electrons. The Labute approximate surface area is 115 Å². The fourth-order valence-electron chi connectivity index (χ4n) is 1.33. The van der Waals surface area contributed by atoms with Crippen LogP contribution in [0.1, 0.15) is 10.5 Å². The second kappa shape index (κ2) is 6.70. The Morgan fingerprint density at radius 3 is 2.79 bits per heavy atom. The Morgan fingerprint density at radius 1 is 1.21 bits per heavy atom. The molecule has 0 bridgehead atoms. The zero-order chi connectivity index (χ0) is 13.5. The predicted molar refractivity (Wildman–Crippen MR) is 69.3 cm³/mol. The third-order valence-electron chi connectivity index (χ3n) is 2.20. The van der Waals surface area contributed by atoms with E-state index in [0.717, 1.165) is 0 Å². The first kappa shape index (κ1) is 13.3. The van der Waals surface area contributed by atoms with E-state index < -0.39 is 5.97 Å². The Hall–Kier alpha value is -2.14. The predicted octanol–water partition coefficient (Wildman–Crippen LogP) is 2.37.